The minimum absolute atomic E-state index is 0.168. The Hall–Kier alpha value is -2.31. The van der Waals surface area contributed by atoms with Crippen molar-refractivity contribution in [2.45, 2.75) is 13.0 Å². The van der Waals surface area contributed by atoms with Crippen molar-refractivity contribution in [3.8, 4) is 0 Å². The summed E-state index contributed by atoms with van der Waals surface area (Å²) in [6.45, 7) is 2.40. The summed E-state index contributed by atoms with van der Waals surface area (Å²) in [6, 6.07) is 16.2. The highest BCUT2D eigenvalue weighted by atomic mass is 32.2. The third-order valence-corrected chi connectivity index (χ3v) is 4.46. The van der Waals surface area contributed by atoms with E-state index in [1.807, 2.05) is 37.3 Å². The number of benzene rings is 2. The van der Waals surface area contributed by atoms with Crippen molar-refractivity contribution >= 4 is 29.3 Å². The first-order chi connectivity index (χ1) is 12.1. The largest absolute Gasteiger partial charge is 0.388 e. The Kier molecular flexibility index (Phi) is 7.50. The van der Waals surface area contributed by atoms with Gasteiger partial charge < -0.3 is 15.7 Å². The first-order valence-electron chi connectivity index (χ1n) is 8.09. The molecule has 3 N–H and O–H groups in total. The summed E-state index contributed by atoms with van der Waals surface area (Å²) in [5.41, 5.74) is 1.93. The number of hydrogen-bond donors (Lipinski definition) is 3. The molecule has 5 nitrogen and oxygen atoms in total. The molecule has 1 unspecified atom stereocenters. The fraction of sp³-hybridized carbons (Fsp3) is 0.263. The summed E-state index contributed by atoms with van der Waals surface area (Å²) in [5, 5.41) is 15.6. The molecule has 1 atom stereocenters. The van der Waals surface area contributed by atoms with Crippen molar-refractivity contribution in [2.24, 2.45) is 0 Å². The summed E-state index contributed by atoms with van der Waals surface area (Å²) in [5.74, 6) is 0.336. The van der Waals surface area contributed by atoms with E-state index < -0.39 is 6.10 Å². The number of hydrogen-bond acceptors (Lipinski definition) is 4. The van der Waals surface area contributed by atoms with E-state index in [1.165, 1.54) is 11.8 Å². The molecular weight excluding hydrogens is 336 g/mol. The van der Waals surface area contributed by atoms with Crippen LogP contribution in [0.15, 0.2) is 54.6 Å². The molecule has 0 fully saturated rings. The van der Waals surface area contributed by atoms with Gasteiger partial charge in [0, 0.05) is 23.5 Å². The zero-order chi connectivity index (χ0) is 18.1. The molecule has 0 aromatic heterocycles. The van der Waals surface area contributed by atoms with Gasteiger partial charge in [-0.1, -0.05) is 36.4 Å². The molecule has 0 saturated carbocycles. The molecule has 0 aliphatic rings. The summed E-state index contributed by atoms with van der Waals surface area (Å²) >= 11 is 1.36. The zero-order valence-electron chi connectivity index (χ0n) is 14.1. The van der Waals surface area contributed by atoms with Crippen LogP contribution in [0.1, 0.15) is 28.9 Å². The number of amides is 2. The average Bonchev–Trinajstić information content (AvgIpc) is 2.62. The molecule has 2 aromatic rings. The quantitative estimate of drug-likeness (QED) is 0.678. The Bertz CT molecular complexity index is 707. The number of aliphatic hydroxyl groups excluding tert-OH is 1. The Morgan fingerprint density at radius 2 is 1.88 bits per heavy atom. The van der Waals surface area contributed by atoms with Crippen LogP contribution in [0.25, 0.3) is 0 Å². The number of thioether (sulfide) groups is 1. The lowest BCUT2D eigenvalue weighted by Gasteiger charge is -2.11. The van der Waals surface area contributed by atoms with Gasteiger partial charge in [0.25, 0.3) is 5.91 Å². The fourth-order valence-corrected chi connectivity index (χ4v) is 3.02. The molecule has 132 valence electrons. The van der Waals surface area contributed by atoms with E-state index in [0.717, 1.165) is 5.56 Å². The highest BCUT2D eigenvalue weighted by Crippen LogP contribution is 2.18. The molecule has 25 heavy (non-hydrogen) atoms. The van der Waals surface area contributed by atoms with E-state index in [1.54, 1.807) is 24.3 Å². The van der Waals surface area contributed by atoms with Crippen LogP contribution in [0.5, 0.6) is 0 Å². The van der Waals surface area contributed by atoms with Gasteiger partial charge in [-0.2, -0.15) is 0 Å². The predicted molar refractivity (Wildman–Crippen MR) is 102 cm³/mol. The maximum Gasteiger partial charge on any atom is 0.251 e. The molecule has 0 radical (unpaired) electrons. The third kappa shape index (κ3) is 6.25. The molecule has 0 aliphatic heterocycles. The average molecular weight is 358 g/mol. The van der Waals surface area contributed by atoms with E-state index in [4.69, 9.17) is 0 Å². The molecule has 0 bridgehead atoms. The smallest absolute Gasteiger partial charge is 0.251 e. The van der Waals surface area contributed by atoms with Crippen molar-refractivity contribution in [3.63, 3.8) is 0 Å². The summed E-state index contributed by atoms with van der Waals surface area (Å²) in [6.07, 6.45) is -0.597. The van der Waals surface area contributed by atoms with Crippen LogP contribution in [0.4, 0.5) is 5.69 Å². The van der Waals surface area contributed by atoms with Gasteiger partial charge >= 0.3 is 0 Å². The van der Waals surface area contributed by atoms with Gasteiger partial charge in [-0.25, -0.2) is 0 Å². The van der Waals surface area contributed by atoms with Gasteiger partial charge in [0.2, 0.25) is 5.91 Å². The van der Waals surface area contributed by atoms with Crippen LogP contribution in [0, 0.1) is 0 Å². The van der Waals surface area contributed by atoms with E-state index in [-0.39, 0.29) is 17.6 Å². The molecule has 0 spiro atoms. The highest BCUT2D eigenvalue weighted by molar-refractivity contribution is 7.99. The maximum atomic E-state index is 12.0. The van der Waals surface area contributed by atoms with Crippen LogP contribution < -0.4 is 10.6 Å². The predicted octanol–water partition coefficient (Wildman–Crippen LogP) is 2.84. The topological polar surface area (TPSA) is 78.4 Å². The Morgan fingerprint density at radius 3 is 2.60 bits per heavy atom. The van der Waals surface area contributed by atoms with Gasteiger partial charge in [-0.05, 0) is 30.7 Å². The second-order valence-corrected chi connectivity index (χ2v) is 6.46. The minimum Gasteiger partial charge on any atom is -0.388 e. The van der Waals surface area contributed by atoms with Crippen molar-refractivity contribution in [3.05, 3.63) is 65.7 Å². The molecular formula is C19H22N2O3S. The van der Waals surface area contributed by atoms with Gasteiger partial charge in [0.05, 0.1) is 11.9 Å². The van der Waals surface area contributed by atoms with Crippen molar-refractivity contribution in [2.75, 3.05) is 23.4 Å². The van der Waals surface area contributed by atoms with Crippen molar-refractivity contribution < 1.29 is 14.7 Å². The Morgan fingerprint density at radius 1 is 1.12 bits per heavy atom. The lowest BCUT2D eigenvalue weighted by atomic mass is 10.1. The molecule has 0 aliphatic carbocycles. The second-order valence-electron chi connectivity index (χ2n) is 5.43. The van der Waals surface area contributed by atoms with Gasteiger partial charge in [-0.3, -0.25) is 9.59 Å². The summed E-state index contributed by atoms with van der Waals surface area (Å²) in [4.78, 5) is 23.8. The van der Waals surface area contributed by atoms with E-state index >= 15 is 0 Å². The molecule has 2 rings (SSSR count). The monoisotopic (exact) mass is 358 g/mol. The van der Waals surface area contributed by atoms with E-state index in [9.17, 15) is 14.7 Å². The van der Waals surface area contributed by atoms with E-state index in [0.29, 0.717) is 23.5 Å². The van der Waals surface area contributed by atoms with Gasteiger partial charge in [0.15, 0.2) is 0 Å². The van der Waals surface area contributed by atoms with Crippen LogP contribution in [0.3, 0.4) is 0 Å². The zero-order valence-corrected chi connectivity index (χ0v) is 14.9. The normalized spacial score (nSPS) is 11.6. The van der Waals surface area contributed by atoms with Crippen LogP contribution in [0.2, 0.25) is 0 Å². The fourth-order valence-electron chi connectivity index (χ4n) is 2.23. The Labute approximate surface area is 151 Å². The molecule has 0 saturated heterocycles. The summed E-state index contributed by atoms with van der Waals surface area (Å²) < 4.78 is 0. The standard InChI is InChI=1S/C19H22N2O3S/c1-2-20-19(24)15-9-6-10-16(11-15)21-18(23)13-25-12-17(22)14-7-4-3-5-8-14/h3-11,17,22H,2,12-13H2,1H3,(H,20,24)(H,21,23). The van der Waals surface area contributed by atoms with Gasteiger partial charge in [-0.15, -0.1) is 11.8 Å². The number of aliphatic hydroxyl groups is 1. The lowest BCUT2D eigenvalue weighted by molar-refractivity contribution is -0.113. The molecule has 2 aromatic carbocycles. The molecule has 6 heteroatoms. The van der Waals surface area contributed by atoms with E-state index in [2.05, 4.69) is 10.6 Å². The summed E-state index contributed by atoms with van der Waals surface area (Å²) in [7, 11) is 0. The van der Waals surface area contributed by atoms with Gasteiger partial charge in [0.1, 0.15) is 0 Å². The van der Waals surface area contributed by atoms with Crippen molar-refractivity contribution in [1.82, 2.24) is 5.32 Å². The van der Waals surface area contributed by atoms with Crippen molar-refractivity contribution in [1.29, 1.82) is 0 Å². The number of rotatable bonds is 8. The molecule has 2 amide bonds. The molecule has 0 heterocycles. The number of carbonyl (C=O) groups excluding carboxylic acids is 2. The first kappa shape index (κ1) is 19.0. The number of carbonyl (C=O) groups is 2. The third-order valence-electron chi connectivity index (χ3n) is 3.44. The van der Waals surface area contributed by atoms with Crippen LogP contribution >= 0.6 is 11.8 Å². The second kappa shape index (κ2) is 9.86. The van der Waals surface area contributed by atoms with Crippen LogP contribution in [-0.2, 0) is 4.79 Å². The number of anilines is 1. The minimum atomic E-state index is -0.597. The SMILES string of the molecule is CCNC(=O)c1cccc(NC(=O)CSCC(O)c2ccccc2)c1. The van der Waals surface area contributed by atoms with Crippen LogP contribution in [-0.4, -0.2) is 35.0 Å². The number of nitrogens with one attached hydrogen (secondary N) is 2. The highest BCUT2D eigenvalue weighted by Gasteiger charge is 2.10. The first-order valence-corrected chi connectivity index (χ1v) is 9.24. The Balaban J connectivity index is 1.80. The lowest BCUT2D eigenvalue weighted by Crippen LogP contribution is -2.23. The maximum absolute atomic E-state index is 12.0.